The predicted octanol–water partition coefficient (Wildman–Crippen LogP) is 30.2. The van der Waals surface area contributed by atoms with Gasteiger partial charge in [-0.05, 0) is 200 Å². The van der Waals surface area contributed by atoms with E-state index in [1.807, 2.05) is 97.3 Å². The van der Waals surface area contributed by atoms with Crippen molar-refractivity contribution < 1.29 is 0 Å². The van der Waals surface area contributed by atoms with Crippen LogP contribution in [0.2, 0.25) is 0 Å². The Morgan fingerprint density at radius 3 is 0.658 bits per heavy atom. The van der Waals surface area contributed by atoms with Gasteiger partial charge >= 0.3 is 0 Å². The highest BCUT2D eigenvalue weighted by molar-refractivity contribution is 7.35. The molecular weight excluding hydrogens is 1670 g/mol. The van der Waals surface area contributed by atoms with Crippen molar-refractivity contribution in [1.29, 1.82) is 0 Å². The van der Waals surface area contributed by atoms with Crippen LogP contribution in [0.25, 0.3) is 223 Å². The molecule has 114 heavy (non-hydrogen) atoms. The molecule has 6 nitrogen and oxygen atoms in total. The van der Waals surface area contributed by atoms with Crippen molar-refractivity contribution in [2.75, 3.05) is 0 Å². The third kappa shape index (κ3) is 10.3. The van der Waals surface area contributed by atoms with E-state index in [-0.39, 0.29) is 32.6 Å². The Labute approximate surface area is 702 Å². The smallest absolute Gasteiger partial charge is 0.195 e. The number of benzene rings is 5. The molecule has 14 aromatic heterocycles. The van der Waals surface area contributed by atoms with Gasteiger partial charge in [-0.15, -0.1) is 159 Å². The van der Waals surface area contributed by atoms with Crippen LogP contribution in [-0.4, -0.2) is 0 Å². The van der Waals surface area contributed by atoms with E-state index in [9.17, 15) is 28.8 Å². The molecule has 0 saturated carbocycles. The molecule has 0 aliphatic rings. The second kappa shape index (κ2) is 25.2. The fourth-order valence-corrected chi connectivity index (χ4v) is 34.5. The van der Waals surface area contributed by atoms with Gasteiger partial charge in [0, 0.05) is 231 Å². The number of aryl methyl sites for hydroxylation is 10. The largest absolute Gasteiger partial charge is 0.289 e. The summed E-state index contributed by atoms with van der Waals surface area (Å²) < 4.78 is 16.4. The minimum Gasteiger partial charge on any atom is -0.289 e. The minimum atomic E-state index is 0.0704. The van der Waals surface area contributed by atoms with Crippen molar-refractivity contribution in [3.8, 4) is 59.9 Å². The van der Waals surface area contributed by atoms with Crippen LogP contribution in [0.1, 0.15) is 52.9 Å². The van der Waals surface area contributed by atoms with Gasteiger partial charge in [-0.1, -0.05) is 59.7 Å². The molecule has 20 heteroatoms. The summed E-state index contributed by atoms with van der Waals surface area (Å²) in [6.45, 7) is 20.8. The van der Waals surface area contributed by atoms with Crippen LogP contribution in [0.4, 0.5) is 0 Å². The lowest BCUT2D eigenvalue weighted by Gasteiger charge is -2.05. The molecule has 0 aliphatic heterocycles. The summed E-state index contributed by atoms with van der Waals surface area (Å²) >= 11 is 24.4. The van der Waals surface area contributed by atoms with Gasteiger partial charge < -0.3 is 0 Å². The summed E-state index contributed by atoms with van der Waals surface area (Å²) in [5, 5.41) is 14.9. The SMILES string of the molecule is Cc1cc2sc(-c3cc4c(=O)c5c(C)c6c(c(C)c5c4s3)c(=O)c3cc(-c4cc5sc(C)cc5s4)sc36)cc2s1.Cc1cc2sc(-c3cc4c(=O)c5cc6c(cc5c4s3)c(=O)c3cc(-c4cc5sc(C)cc5s4)sc36)cc2s1.Cc1ccc(-c2cc3c(=O)c4c(C)c5c(c(C)c4c3s2)c(=O)c2cc(-c3ccc(C)cc3)sc25)cc1. The second-order valence-electron chi connectivity index (χ2n) is 30.1. The normalized spacial score (nSPS) is 12.5. The van der Waals surface area contributed by atoms with E-state index in [1.165, 1.54) is 87.7 Å². The number of rotatable bonds is 6. The zero-order valence-corrected chi connectivity index (χ0v) is 73.5. The Hall–Kier alpha value is -9.04. The molecule has 0 fully saturated rings. The maximum absolute atomic E-state index is 13.9. The van der Waals surface area contributed by atoms with Crippen molar-refractivity contribution in [2.45, 2.75) is 69.2 Å². The monoisotopic (exact) mass is 1730 g/mol. The first-order valence-electron chi connectivity index (χ1n) is 36.8. The van der Waals surface area contributed by atoms with Crippen LogP contribution >= 0.6 is 159 Å². The number of hydrogen-bond acceptors (Lipinski definition) is 20. The summed E-state index contributed by atoms with van der Waals surface area (Å²) in [6.07, 6.45) is 0. The number of hydrogen-bond donors (Lipinski definition) is 0. The quantitative estimate of drug-likeness (QED) is 0.164. The van der Waals surface area contributed by atoms with Crippen molar-refractivity contribution >= 4 is 321 Å². The van der Waals surface area contributed by atoms with E-state index >= 15 is 0 Å². The molecule has 0 radical (unpaired) electrons. The summed E-state index contributed by atoms with van der Waals surface area (Å²) in [6, 6.07) is 51.0. The van der Waals surface area contributed by atoms with Crippen LogP contribution in [0.5, 0.6) is 0 Å². The Balaban J connectivity index is 0.000000102. The van der Waals surface area contributed by atoms with E-state index in [0.717, 1.165) is 188 Å². The van der Waals surface area contributed by atoms with E-state index < -0.39 is 0 Å². The molecule has 0 atom stereocenters. The molecule has 0 bridgehead atoms. The van der Waals surface area contributed by atoms with Crippen molar-refractivity contribution in [3.05, 3.63) is 260 Å². The van der Waals surface area contributed by atoms with Gasteiger partial charge in [-0.2, -0.15) is 0 Å². The molecular formula is C94H54O6S14. The highest BCUT2D eigenvalue weighted by Gasteiger charge is 2.30. The number of thiophene rings is 14. The average molecular weight is 1730 g/mol. The minimum absolute atomic E-state index is 0.0704. The highest BCUT2D eigenvalue weighted by Crippen LogP contribution is 2.53. The van der Waals surface area contributed by atoms with E-state index in [4.69, 9.17) is 0 Å². The van der Waals surface area contributed by atoms with Gasteiger partial charge in [0.1, 0.15) is 0 Å². The molecule has 0 N–H and O–H groups in total. The van der Waals surface area contributed by atoms with Gasteiger partial charge in [-0.25, -0.2) is 0 Å². The zero-order valence-electron chi connectivity index (χ0n) is 62.0. The lowest BCUT2D eigenvalue weighted by atomic mass is 9.99. The summed E-state index contributed by atoms with van der Waals surface area (Å²) in [5.41, 5.74) is 8.89. The average Bonchev–Trinajstić information content (AvgIpc) is 1.54. The van der Waals surface area contributed by atoms with E-state index in [2.05, 4.69) is 163 Å². The molecule has 25 aromatic rings. The lowest BCUT2D eigenvalue weighted by Crippen LogP contribution is -2.00. The molecule has 11 aromatic carbocycles. The maximum Gasteiger partial charge on any atom is 0.195 e. The summed E-state index contributed by atoms with van der Waals surface area (Å²) in [7, 11) is 0. The Morgan fingerprint density at radius 2 is 0.395 bits per heavy atom. The van der Waals surface area contributed by atoms with Gasteiger partial charge in [-0.3, -0.25) is 28.8 Å². The fourth-order valence-electron chi connectivity index (χ4n) is 17.5. The fraction of sp³-hybridized carbons (Fsp3) is 0.106. The van der Waals surface area contributed by atoms with Crippen LogP contribution < -0.4 is 32.6 Å². The van der Waals surface area contributed by atoms with Crippen molar-refractivity contribution in [3.63, 3.8) is 0 Å². The van der Waals surface area contributed by atoms with Crippen LogP contribution in [0.15, 0.2) is 174 Å². The summed E-state index contributed by atoms with van der Waals surface area (Å²) in [4.78, 5) is 99.2. The molecule has 0 unspecified atom stereocenters. The number of fused-ring (bicyclic) bond motifs is 22. The van der Waals surface area contributed by atoms with Crippen LogP contribution in [0.3, 0.4) is 0 Å². The maximum atomic E-state index is 13.9. The van der Waals surface area contributed by atoms with Gasteiger partial charge in [0.25, 0.3) is 0 Å². The lowest BCUT2D eigenvalue weighted by molar-refractivity contribution is 1.48. The molecule has 0 saturated heterocycles. The van der Waals surface area contributed by atoms with Crippen molar-refractivity contribution in [2.24, 2.45) is 0 Å². The van der Waals surface area contributed by atoms with Gasteiger partial charge in [0.15, 0.2) is 32.6 Å². The molecule has 0 spiro atoms. The Morgan fingerprint density at radius 1 is 0.175 bits per heavy atom. The van der Waals surface area contributed by atoms with Gasteiger partial charge in [0.2, 0.25) is 0 Å². The molecule has 14 heterocycles. The highest BCUT2D eigenvalue weighted by atomic mass is 32.2. The van der Waals surface area contributed by atoms with Crippen LogP contribution in [0, 0.1) is 69.2 Å². The zero-order chi connectivity index (χ0) is 77.5. The molecule has 25 rings (SSSR count). The van der Waals surface area contributed by atoms with Crippen LogP contribution in [-0.2, 0) is 0 Å². The molecule has 550 valence electrons. The van der Waals surface area contributed by atoms with Gasteiger partial charge in [0.05, 0.1) is 0 Å². The Bertz CT molecular complexity index is 8240. The second-order valence-corrected chi connectivity index (χ2v) is 45.9. The first-order valence-corrected chi connectivity index (χ1v) is 48.3. The first-order chi connectivity index (χ1) is 55.0. The third-order valence-electron chi connectivity index (χ3n) is 22.8. The predicted molar refractivity (Wildman–Crippen MR) is 514 cm³/mol. The first kappa shape index (κ1) is 70.4. The third-order valence-corrected chi connectivity index (χ3v) is 39.4. The molecule has 0 aliphatic carbocycles. The van der Waals surface area contributed by atoms with E-state index in [1.54, 1.807) is 113 Å². The molecule has 0 amide bonds. The van der Waals surface area contributed by atoms with E-state index in [0.29, 0.717) is 0 Å². The van der Waals surface area contributed by atoms with Crippen molar-refractivity contribution in [1.82, 2.24) is 0 Å². The Kier molecular flexibility index (Phi) is 15.6. The summed E-state index contributed by atoms with van der Waals surface area (Å²) in [5.74, 6) is 0. The topological polar surface area (TPSA) is 102 Å². The standard InChI is InChI=1S/C32H18O2S6.C32H22O2S2.C30H14O2S6/c1-11-5-17-21(35-11)9-23(37-17)19-7-15-29(33)25-14(4)28-26(13(3)27(25)31(15)39-19)30(34)16-8-20(40-32(16)28)24-10-22-18(38-24)6-12(2)36-22;1-15-5-9-19(10-6-15)23-13-21-29(33)25-18(4)28-26(17(3)27(25)31(21)35-23)30(34)22-14-24(36-32(22)28)20-11-7-16(2)8-12-20;1-11-3-19-23(33-11)9-25(35-19)21-7-17-27(31)13-6-16-14(5-15(13)29(17)37-21)28(32)18-8-22(38-30(16)18)26-10-24-20(36-26)4-12(2)34-24/h5-10H,1-4H3;5-14H,1-4H3;3-10H,1-2H3.